The lowest BCUT2D eigenvalue weighted by Gasteiger charge is -2.37. The van der Waals surface area contributed by atoms with Gasteiger partial charge in [0.15, 0.2) is 0 Å². The van der Waals surface area contributed by atoms with Crippen LogP contribution in [0.25, 0.3) is 11.1 Å². The van der Waals surface area contributed by atoms with E-state index in [2.05, 4.69) is 0 Å². The van der Waals surface area contributed by atoms with Crippen molar-refractivity contribution in [1.29, 1.82) is 0 Å². The van der Waals surface area contributed by atoms with E-state index in [1.807, 2.05) is 5.38 Å². The van der Waals surface area contributed by atoms with Gasteiger partial charge in [0.25, 0.3) is 5.91 Å². The van der Waals surface area contributed by atoms with Crippen molar-refractivity contribution in [3.8, 4) is 11.1 Å². The molecule has 0 saturated carbocycles. The largest absolute Gasteiger partial charge is 0.416 e. The summed E-state index contributed by atoms with van der Waals surface area (Å²) in [6, 6.07) is 12.1. The molecule has 3 heterocycles. The van der Waals surface area contributed by atoms with Crippen LogP contribution < -0.4 is 0 Å². The van der Waals surface area contributed by atoms with Gasteiger partial charge in [-0.2, -0.15) is 13.2 Å². The Hall–Kier alpha value is -2.68. The second-order valence-electron chi connectivity index (χ2n) is 8.21. The van der Waals surface area contributed by atoms with Gasteiger partial charge in [0.1, 0.15) is 5.60 Å². The van der Waals surface area contributed by atoms with Crippen LogP contribution in [0, 0.1) is 0 Å². The summed E-state index contributed by atoms with van der Waals surface area (Å²) in [5.41, 5.74) is 1.99. The highest BCUT2D eigenvalue weighted by Crippen LogP contribution is 2.38. The van der Waals surface area contributed by atoms with E-state index in [9.17, 15) is 23.1 Å². The van der Waals surface area contributed by atoms with Gasteiger partial charge in [-0.15, -0.1) is 11.3 Å². The third-order valence-corrected chi connectivity index (χ3v) is 7.17. The van der Waals surface area contributed by atoms with E-state index >= 15 is 0 Å². The van der Waals surface area contributed by atoms with Gasteiger partial charge in [-0.3, -0.25) is 4.79 Å². The first kappa shape index (κ1) is 21.2. The van der Waals surface area contributed by atoms with Crippen LogP contribution in [0.3, 0.4) is 0 Å². The minimum Gasteiger partial charge on any atom is -0.380 e. The van der Waals surface area contributed by atoms with Crippen molar-refractivity contribution in [2.75, 3.05) is 19.8 Å². The van der Waals surface area contributed by atoms with E-state index in [0.29, 0.717) is 36.2 Å². The maximum atomic E-state index is 13.2. The van der Waals surface area contributed by atoms with Crippen molar-refractivity contribution in [3.05, 3.63) is 81.0 Å². The molecular formula is C24H20F3NO3S. The number of amides is 1. The molecule has 1 N–H and O–H groups in total. The van der Waals surface area contributed by atoms with Crippen molar-refractivity contribution >= 4 is 17.2 Å². The number of halogens is 3. The molecule has 1 saturated heterocycles. The van der Waals surface area contributed by atoms with Crippen LogP contribution in [-0.4, -0.2) is 35.7 Å². The molecule has 32 heavy (non-hydrogen) atoms. The fourth-order valence-electron chi connectivity index (χ4n) is 4.15. The normalized spacial score (nSPS) is 17.6. The molecule has 0 bridgehead atoms. The van der Waals surface area contributed by atoms with E-state index in [1.165, 1.54) is 12.1 Å². The van der Waals surface area contributed by atoms with Gasteiger partial charge < -0.3 is 14.7 Å². The van der Waals surface area contributed by atoms with Crippen LogP contribution in [0.2, 0.25) is 0 Å². The molecule has 0 radical (unpaired) electrons. The van der Waals surface area contributed by atoms with Gasteiger partial charge in [-0.25, -0.2) is 0 Å². The Morgan fingerprint density at radius 3 is 2.53 bits per heavy atom. The molecule has 3 aromatic rings. The summed E-state index contributed by atoms with van der Waals surface area (Å²) in [6.45, 7) is 1.38. The molecule has 2 aliphatic heterocycles. The summed E-state index contributed by atoms with van der Waals surface area (Å²) < 4.78 is 43.8. The lowest BCUT2D eigenvalue weighted by molar-refractivity contribution is -0.184. The Balaban J connectivity index is 1.39. The number of hydrogen-bond acceptors (Lipinski definition) is 4. The molecule has 2 aromatic carbocycles. The quantitative estimate of drug-likeness (QED) is 0.609. The average Bonchev–Trinajstić information content (AvgIpc) is 3.20. The molecule has 2 aliphatic rings. The van der Waals surface area contributed by atoms with Crippen LogP contribution in [0.1, 0.15) is 31.9 Å². The number of aliphatic hydroxyl groups is 1. The predicted molar refractivity (Wildman–Crippen MR) is 114 cm³/mol. The van der Waals surface area contributed by atoms with Gasteiger partial charge in [0.2, 0.25) is 0 Å². The van der Waals surface area contributed by atoms with Crippen LogP contribution in [-0.2, 0) is 29.5 Å². The lowest BCUT2D eigenvalue weighted by Crippen LogP contribution is -2.46. The minimum atomic E-state index is -4.37. The molecular weight excluding hydrogens is 439 g/mol. The highest BCUT2D eigenvalue weighted by atomic mass is 32.1. The Kier molecular flexibility index (Phi) is 5.11. The Morgan fingerprint density at radius 2 is 1.88 bits per heavy atom. The number of alkyl halides is 3. The molecule has 0 spiro atoms. The summed E-state index contributed by atoms with van der Waals surface area (Å²) >= 11 is 1.58. The maximum Gasteiger partial charge on any atom is 0.416 e. The first-order chi connectivity index (χ1) is 15.2. The van der Waals surface area contributed by atoms with Crippen molar-refractivity contribution < 1.29 is 27.8 Å². The fourth-order valence-corrected chi connectivity index (χ4v) is 5.22. The SMILES string of the molecule is O=C(c1cccc(C2(O)COC2)c1)N1CCc2scc(-c3ccc(C(F)(F)F)cc3)c2C1. The number of benzene rings is 2. The molecule has 1 amide bonds. The number of carbonyl (C=O) groups excluding carboxylic acids is 1. The van der Waals surface area contributed by atoms with Gasteiger partial charge in [-0.05, 0) is 58.3 Å². The number of carbonyl (C=O) groups is 1. The third kappa shape index (κ3) is 3.72. The second-order valence-corrected chi connectivity index (χ2v) is 9.17. The van der Waals surface area contributed by atoms with Gasteiger partial charge in [0, 0.05) is 23.5 Å². The molecule has 5 rings (SSSR count). The summed E-state index contributed by atoms with van der Waals surface area (Å²) in [4.78, 5) is 16.1. The second kappa shape index (κ2) is 7.72. The zero-order valence-electron chi connectivity index (χ0n) is 17.0. The van der Waals surface area contributed by atoms with Crippen LogP contribution >= 0.6 is 11.3 Å². The number of hydrogen-bond donors (Lipinski definition) is 1. The average molecular weight is 459 g/mol. The Morgan fingerprint density at radius 1 is 1.12 bits per heavy atom. The summed E-state index contributed by atoms with van der Waals surface area (Å²) in [7, 11) is 0. The zero-order chi connectivity index (χ0) is 22.5. The van der Waals surface area contributed by atoms with Crippen LogP contribution in [0.15, 0.2) is 53.9 Å². The maximum absolute atomic E-state index is 13.2. The first-order valence-electron chi connectivity index (χ1n) is 10.2. The van der Waals surface area contributed by atoms with Crippen molar-refractivity contribution in [2.24, 2.45) is 0 Å². The van der Waals surface area contributed by atoms with E-state index < -0.39 is 17.3 Å². The highest BCUT2D eigenvalue weighted by Gasteiger charge is 2.38. The molecule has 0 atom stereocenters. The molecule has 166 valence electrons. The van der Waals surface area contributed by atoms with Crippen molar-refractivity contribution in [3.63, 3.8) is 0 Å². The molecule has 8 heteroatoms. The van der Waals surface area contributed by atoms with E-state index in [0.717, 1.165) is 28.1 Å². The molecule has 0 aliphatic carbocycles. The number of nitrogens with zero attached hydrogens (tertiary/aromatic N) is 1. The first-order valence-corrected chi connectivity index (χ1v) is 11.1. The number of ether oxygens (including phenoxy) is 1. The zero-order valence-corrected chi connectivity index (χ0v) is 17.8. The van der Waals surface area contributed by atoms with Crippen LogP contribution in [0.4, 0.5) is 13.2 Å². The number of rotatable bonds is 3. The van der Waals surface area contributed by atoms with E-state index in [1.54, 1.807) is 40.5 Å². The standard InChI is InChI=1S/C24H20F3NO3S/c25-24(26,27)17-6-4-15(5-7-17)20-12-32-21-8-9-28(11-19(20)21)22(29)16-2-1-3-18(10-16)23(30)13-31-14-23/h1-7,10,12,30H,8-9,11,13-14H2. The van der Waals surface area contributed by atoms with Gasteiger partial charge >= 0.3 is 6.18 Å². The molecule has 0 unspecified atom stereocenters. The molecule has 1 aromatic heterocycles. The number of thiophene rings is 1. The Labute approximate surface area is 186 Å². The topological polar surface area (TPSA) is 49.8 Å². The highest BCUT2D eigenvalue weighted by molar-refractivity contribution is 7.10. The van der Waals surface area contributed by atoms with E-state index in [-0.39, 0.29) is 19.1 Å². The lowest BCUT2D eigenvalue weighted by atomic mass is 9.90. The molecule has 4 nitrogen and oxygen atoms in total. The summed E-state index contributed by atoms with van der Waals surface area (Å²) in [5, 5.41) is 12.5. The predicted octanol–water partition coefficient (Wildman–Crippen LogP) is 4.85. The van der Waals surface area contributed by atoms with Gasteiger partial charge in [0.05, 0.1) is 18.8 Å². The Bertz CT molecular complexity index is 1170. The number of fused-ring (bicyclic) bond motifs is 1. The van der Waals surface area contributed by atoms with Crippen LogP contribution in [0.5, 0.6) is 0 Å². The van der Waals surface area contributed by atoms with E-state index in [4.69, 9.17) is 4.74 Å². The van der Waals surface area contributed by atoms with Gasteiger partial charge in [-0.1, -0.05) is 24.3 Å². The van der Waals surface area contributed by atoms with Crippen molar-refractivity contribution in [1.82, 2.24) is 4.90 Å². The third-order valence-electron chi connectivity index (χ3n) is 6.08. The van der Waals surface area contributed by atoms with Crippen molar-refractivity contribution in [2.45, 2.75) is 24.7 Å². The monoisotopic (exact) mass is 459 g/mol. The molecule has 1 fully saturated rings. The smallest absolute Gasteiger partial charge is 0.380 e. The minimum absolute atomic E-state index is 0.133. The fraction of sp³-hybridized carbons (Fsp3) is 0.292. The summed E-state index contributed by atoms with van der Waals surface area (Å²) in [5.74, 6) is -0.133. The summed E-state index contributed by atoms with van der Waals surface area (Å²) in [6.07, 6.45) is -3.67.